The highest BCUT2D eigenvalue weighted by atomic mass is 16.5. The van der Waals surface area contributed by atoms with E-state index in [-0.39, 0.29) is 5.41 Å². The number of hydrogen-bond donors (Lipinski definition) is 1. The Kier molecular flexibility index (Phi) is 1.77. The maximum Gasteiger partial charge on any atom is 0.123 e. The van der Waals surface area contributed by atoms with E-state index in [0.717, 1.165) is 17.9 Å². The lowest BCUT2D eigenvalue weighted by atomic mass is 9.85. The minimum absolute atomic E-state index is 0.0109. The molecule has 1 aliphatic heterocycles. The van der Waals surface area contributed by atoms with Gasteiger partial charge in [-0.25, -0.2) is 4.98 Å². The first-order chi connectivity index (χ1) is 6.09. The smallest absolute Gasteiger partial charge is 0.123 e. The molecule has 2 N–H and O–H groups in total. The number of anilines is 1. The average molecular weight is 178 g/mol. The molecule has 1 aromatic heterocycles. The van der Waals surface area contributed by atoms with Crippen LogP contribution in [0.3, 0.4) is 0 Å². The van der Waals surface area contributed by atoms with Gasteiger partial charge in [0.1, 0.15) is 5.82 Å². The molecule has 1 aliphatic rings. The molecule has 0 spiro atoms. The van der Waals surface area contributed by atoms with Crippen LogP contribution in [0.2, 0.25) is 0 Å². The third-order valence-corrected chi connectivity index (χ3v) is 2.36. The molecule has 2 rings (SSSR count). The van der Waals surface area contributed by atoms with Crippen LogP contribution in [-0.2, 0) is 16.8 Å². The van der Waals surface area contributed by atoms with E-state index in [4.69, 9.17) is 10.5 Å². The molecule has 2 heterocycles. The largest absolute Gasteiger partial charge is 0.384 e. The molecule has 0 aliphatic carbocycles. The van der Waals surface area contributed by atoms with Crippen LogP contribution in [0.25, 0.3) is 0 Å². The highest BCUT2D eigenvalue weighted by molar-refractivity contribution is 5.38. The summed E-state index contributed by atoms with van der Waals surface area (Å²) in [7, 11) is 0. The van der Waals surface area contributed by atoms with Crippen LogP contribution in [-0.4, -0.2) is 11.6 Å². The fourth-order valence-corrected chi connectivity index (χ4v) is 1.69. The summed E-state index contributed by atoms with van der Waals surface area (Å²) in [6.45, 7) is 5.62. The van der Waals surface area contributed by atoms with E-state index in [1.807, 2.05) is 12.1 Å². The lowest BCUT2D eigenvalue weighted by Gasteiger charge is -2.31. The summed E-state index contributed by atoms with van der Waals surface area (Å²) in [6.07, 6.45) is 0. The molecule has 3 heteroatoms. The standard InChI is InChI=1S/C10H14N2O/c1-10(2)6-13-5-7-3-4-8(11)12-9(7)10/h3-4H,5-6H2,1-2H3,(H2,11,12). The van der Waals surface area contributed by atoms with Gasteiger partial charge >= 0.3 is 0 Å². The Bertz CT molecular complexity index is 334. The number of rotatable bonds is 0. The first-order valence-electron chi connectivity index (χ1n) is 4.43. The molecule has 0 fully saturated rings. The maximum atomic E-state index is 5.65. The van der Waals surface area contributed by atoms with Gasteiger partial charge in [-0.1, -0.05) is 19.9 Å². The van der Waals surface area contributed by atoms with Crippen molar-refractivity contribution in [2.24, 2.45) is 0 Å². The summed E-state index contributed by atoms with van der Waals surface area (Å²) in [5.74, 6) is 0.591. The number of nitrogen functional groups attached to an aromatic ring is 1. The van der Waals surface area contributed by atoms with Crippen LogP contribution in [0.5, 0.6) is 0 Å². The second-order valence-electron chi connectivity index (χ2n) is 4.12. The van der Waals surface area contributed by atoms with Crippen molar-refractivity contribution in [1.29, 1.82) is 0 Å². The van der Waals surface area contributed by atoms with E-state index in [2.05, 4.69) is 18.8 Å². The Morgan fingerprint density at radius 2 is 2.23 bits per heavy atom. The van der Waals surface area contributed by atoms with Gasteiger partial charge in [0.2, 0.25) is 0 Å². The Morgan fingerprint density at radius 1 is 1.46 bits per heavy atom. The third-order valence-electron chi connectivity index (χ3n) is 2.36. The maximum absolute atomic E-state index is 5.65. The SMILES string of the molecule is CC1(C)COCc2ccc(N)nc21. The van der Waals surface area contributed by atoms with Gasteiger partial charge in [0.15, 0.2) is 0 Å². The van der Waals surface area contributed by atoms with Gasteiger partial charge < -0.3 is 10.5 Å². The highest BCUT2D eigenvalue weighted by Gasteiger charge is 2.29. The van der Waals surface area contributed by atoms with Crippen LogP contribution < -0.4 is 5.73 Å². The van der Waals surface area contributed by atoms with Crippen LogP contribution >= 0.6 is 0 Å². The normalized spacial score (nSPS) is 19.5. The summed E-state index contributed by atoms with van der Waals surface area (Å²) < 4.78 is 5.47. The van der Waals surface area contributed by atoms with Crippen LogP contribution in [0, 0.1) is 0 Å². The van der Waals surface area contributed by atoms with Gasteiger partial charge in [0.25, 0.3) is 0 Å². The van der Waals surface area contributed by atoms with E-state index in [1.54, 1.807) is 0 Å². The summed E-state index contributed by atoms with van der Waals surface area (Å²) >= 11 is 0. The fourth-order valence-electron chi connectivity index (χ4n) is 1.69. The van der Waals surface area contributed by atoms with Crippen molar-refractivity contribution in [1.82, 2.24) is 4.98 Å². The molecule has 0 unspecified atom stereocenters. The molecule has 0 atom stereocenters. The Hall–Kier alpha value is -1.09. The van der Waals surface area contributed by atoms with Crippen molar-refractivity contribution >= 4 is 5.82 Å². The second kappa shape index (κ2) is 2.70. The number of hydrogen-bond acceptors (Lipinski definition) is 3. The summed E-state index contributed by atoms with van der Waals surface area (Å²) in [5.41, 5.74) is 7.88. The number of nitrogens with zero attached hydrogens (tertiary/aromatic N) is 1. The lowest BCUT2D eigenvalue weighted by molar-refractivity contribution is 0.0618. The summed E-state index contributed by atoms with van der Waals surface area (Å²) in [4.78, 5) is 4.36. The predicted octanol–water partition coefficient (Wildman–Crippen LogP) is 1.47. The van der Waals surface area contributed by atoms with E-state index in [9.17, 15) is 0 Å². The fraction of sp³-hybridized carbons (Fsp3) is 0.500. The third kappa shape index (κ3) is 1.40. The van der Waals surface area contributed by atoms with Crippen LogP contribution in [0.1, 0.15) is 25.1 Å². The first kappa shape index (κ1) is 8.51. The number of fused-ring (bicyclic) bond motifs is 1. The molecule has 0 saturated carbocycles. The zero-order valence-electron chi connectivity index (χ0n) is 8.00. The zero-order chi connectivity index (χ0) is 9.47. The molecule has 0 aromatic carbocycles. The van der Waals surface area contributed by atoms with E-state index in [0.29, 0.717) is 12.4 Å². The Labute approximate surface area is 77.9 Å². The molecule has 0 bridgehead atoms. The lowest BCUT2D eigenvalue weighted by Crippen LogP contribution is -2.31. The molecule has 0 radical (unpaired) electrons. The molecule has 70 valence electrons. The van der Waals surface area contributed by atoms with Gasteiger partial charge in [-0.2, -0.15) is 0 Å². The summed E-state index contributed by atoms with van der Waals surface area (Å²) in [5, 5.41) is 0. The van der Waals surface area contributed by atoms with Gasteiger partial charge in [-0.3, -0.25) is 0 Å². The molecule has 1 aromatic rings. The van der Waals surface area contributed by atoms with E-state index >= 15 is 0 Å². The zero-order valence-corrected chi connectivity index (χ0v) is 8.00. The average Bonchev–Trinajstić information content (AvgIpc) is 2.06. The van der Waals surface area contributed by atoms with Crippen molar-refractivity contribution in [2.45, 2.75) is 25.9 Å². The molecular formula is C10H14N2O. The molecular weight excluding hydrogens is 164 g/mol. The first-order valence-corrected chi connectivity index (χ1v) is 4.43. The van der Waals surface area contributed by atoms with Crippen LogP contribution in [0.4, 0.5) is 5.82 Å². The van der Waals surface area contributed by atoms with Crippen molar-refractivity contribution in [3.8, 4) is 0 Å². The monoisotopic (exact) mass is 178 g/mol. The van der Waals surface area contributed by atoms with Crippen molar-refractivity contribution < 1.29 is 4.74 Å². The number of nitrogens with two attached hydrogens (primary N) is 1. The van der Waals surface area contributed by atoms with E-state index < -0.39 is 0 Å². The van der Waals surface area contributed by atoms with Gasteiger partial charge in [-0.05, 0) is 6.07 Å². The van der Waals surface area contributed by atoms with Crippen molar-refractivity contribution in [3.05, 3.63) is 23.4 Å². The topological polar surface area (TPSA) is 48.1 Å². The van der Waals surface area contributed by atoms with Gasteiger partial charge in [-0.15, -0.1) is 0 Å². The molecule has 0 amide bonds. The number of ether oxygens (including phenoxy) is 1. The predicted molar refractivity (Wildman–Crippen MR) is 51.3 cm³/mol. The van der Waals surface area contributed by atoms with Gasteiger partial charge in [0, 0.05) is 11.0 Å². The Balaban J connectivity index is 2.55. The minimum Gasteiger partial charge on any atom is -0.384 e. The molecule has 0 saturated heterocycles. The quantitative estimate of drug-likeness (QED) is 0.654. The van der Waals surface area contributed by atoms with Crippen molar-refractivity contribution in [3.63, 3.8) is 0 Å². The number of pyridine rings is 1. The Morgan fingerprint density at radius 3 is 3.00 bits per heavy atom. The summed E-state index contributed by atoms with van der Waals surface area (Å²) in [6, 6.07) is 3.82. The minimum atomic E-state index is -0.0109. The second-order valence-corrected chi connectivity index (χ2v) is 4.12. The number of aromatic nitrogens is 1. The molecule has 13 heavy (non-hydrogen) atoms. The molecule has 3 nitrogen and oxygen atoms in total. The highest BCUT2D eigenvalue weighted by Crippen LogP contribution is 2.30. The van der Waals surface area contributed by atoms with Gasteiger partial charge in [0.05, 0.1) is 18.9 Å². The van der Waals surface area contributed by atoms with E-state index in [1.165, 1.54) is 0 Å². The van der Waals surface area contributed by atoms with Crippen molar-refractivity contribution in [2.75, 3.05) is 12.3 Å². The van der Waals surface area contributed by atoms with Crippen LogP contribution in [0.15, 0.2) is 12.1 Å².